The van der Waals surface area contributed by atoms with Crippen molar-refractivity contribution >= 4 is 5.69 Å². The van der Waals surface area contributed by atoms with Gasteiger partial charge < -0.3 is 20.1 Å². The van der Waals surface area contributed by atoms with Gasteiger partial charge in [0.05, 0.1) is 18.8 Å². The molecule has 1 aliphatic heterocycles. The second-order valence-corrected chi connectivity index (χ2v) is 5.85. The van der Waals surface area contributed by atoms with Gasteiger partial charge in [-0.3, -0.25) is 0 Å². The van der Waals surface area contributed by atoms with Gasteiger partial charge in [-0.25, -0.2) is 0 Å². The Hall–Kier alpha value is -1.10. The maximum absolute atomic E-state index is 10.2. The number of anilines is 1. The van der Waals surface area contributed by atoms with Crippen LogP contribution >= 0.6 is 0 Å². The summed E-state index contributed by atoms with van der Waals surface area (Å²) in [5.74, 6) is 0. The Morgan fingerprint density at radius 3 is 2.90 bits per heavy atom. The molecule has 2 atom stereocenters. The van der Waals surface area contributed by atoms with Crippen LogP contribution in [0.25, 0.3) is 0 Å². The van der Waals surface area contributed by atoms with E-state index in [1.165, 1.54) is 11.3 Å². The monoisotopic (exact) mass is 278 g/mol. The molecule has 2 N–H and O–H groups in total. The van der Waals surface area contributed by atoms with Crippen molar-refractivity contribution in [2.75, 3.05) is 24.6 Å². The van der Waals surface area contributed by atoms with Crippen LogP contribution in [0.3, 0.4) is 0 Å². The molecule has 1 aromatic rings. The van der Waals surface area contributed by atoms with Crippen LogP contribution in [0.5, 0.6) is 0 Å². The Kier molecular flexibility index (Phi) is 5.40. The van der Waals surface area contributed by atoms with Crippen molar-refractivity contribution < 1.29 is 9.84 Å². The van der Waals surface area contributed by atoms with Gasteiger partial charge >= 0.3 is 0 Å². The number of para-hydroxylation sites is 1. The number of ether oxygens (including phenoxy) is 1. The SMILES string of the molecule is CC1CN(CC(O)COC(C)C)c2ccccc2CN1. The van der Waals surface area contributed by atoms with E-state index in [-0.39, 0.29) is 6.10 Å². The van der Waals surface area contributed by atoms with Crippen LogP contribution in [0.2, 0.25) is 0 Å². The lowest BCUT2D eigenvalue weighted by molar-refractivity contribution is 0.00883. The van der Waals surface area contributed by atoms with Gasteiger partial charge in [-0.05, 0) is 32.4 Å². The number of fused-ring (bicyclic) bond motifs is 1. The Bertz CT molecular complexity index is 423. The zero-order chi connectivity index (χ0) is 14.5. The maximum Gasteiger partial charge on any atom is 0.0948 e. The average Bonchev–Trinajstić information content (AvgIpc) is 2.57. The fraction of sp³-hybridized carbons (Fsp3) is 0.625. The largest absolute Gasteiger partial charge is 0.389 e. The highest BCUT2D eigenvalue weighted by Crippen LogP contribution is 2.23. The summed E-state index contributed by atoms with van der Waals surface area (Å²) in [7, 11) is 0. The highest BCUT2D eigenvalue weighted by molar-refractivity contribution is 5.54. The molecule has 1 heterocycles. The highest BCUT2D eigenvalue weighted by Gasteiger charge is 2.21. The van der Waals surface area contributed by atoms with Crippen LogP contribution in [-0.2, 0) is 11.3 Å². The predicted octanol–water partition coefficient (Wildman–Crippen LogP) is 1.77. The van der Waals surface area contributed by atoms with Crippen molar-refractivity contribution in [3.8, 4) is 0 Å². The molecular formula is C16H26N2O2. The van der Waals surface area contributed by atoms with E-state index in [2.05, 4.69) is 41.4 Å². The van der Waals surface area contributed by atoms with Crippen molar-refractivity contribution in [2.45, 2.75) is 45.6 Å². The number of aliphatic hydroxyl groups is 1. The summed E-state index contributed by atoms with van der Waals surface area (Å²) in [4.78, 5) is 2.26. The van der Waals surface area contributed by atoms with Gasteiger partial charge in [-0.1, -0.05) is 18.2 Å². The van der Waals surface area contributed by atoms with Crippen LogP contribution in [0.1, 0.15) is 26.3 Å². The van der Waals surface area contributed by atoms with Gasteiger partial charge in [-0.15, -0.1) is 0 Å². The van der Waals surface area contributed by atoms with Gasteiger partial charge in [0.15, 0.2) is 0 Å². The third kappa shape index (κ3) is 4.20. The lowest BCUT2D eigenvalue weighted by Crippen LogP contribution is -2.41. The Balaban J connectivity index is 2.05. The molecule has 1 aromatic carbocycles. The summed E-state index contributed by atoms with van der Waals surface area (Å²) in [6.45, 7) is 8.92. The summed E-state index contributed by atoms with van der Waals surface area (Å²) >= 11 is 0. The fourth-order valence-electron chi connectivity index (χ4n) is 2.53. The molecular weight excluding hydrogens is 252 g/mol. The van der Waals surface area contributed by atoms with Gasteiger partial charge in [-0.2, -0.15) is 0 Å². The van der Waals surface area contributed by atoms with Gasteiger partial charge in [0.2, 0.25) is 0 Å². The Labute approximate surface area is 121 Å². The standard InChI is InChI=1S/C16H26N2O2/c1-12(2)20-11-15(19)10-18-9-13(3)17-8-14-6-4-5-7-16(14)18/h4-7,12-13,15,17,19H,8-11H2,1-3H3. The molecule has 0 spiro atoms. The number of nitrogens with zero attached hydrogens (tertiary/aromatic N) is 1. The van der Waals surface area contributed by atoms with E-state index in [1.807, 2.05) is 13.8 Å². The summed E-state index contributed by atoms with van der Waals surface area (Å²) in [5, 5.41) is 13.7. The predicted molar refractivity (Wildman–Crippen MR) is 82.1 cm³/mol. The molecule has 4 nitrogen and oxygen atoms in total. The summed E-state index contributed by atoms with van der Waals surface area (Å²) in [6.07, 6.45) is -0.308. The second-order valence-electron chi connectivity index (χ2n) is 5.85. The number of rotatable bonds is 5. The molecule has 112 valence electrons. The topological polar surface area (TPSA) is 44.7 Å². The molecule has 0 aromatic heterocycles. The number of hydrogen-bond acceptors (Lipinski definition) is 4. The summed E-state index contributed by atoms with van der Waals surface area (Å²) in [6, 6.07) is 8.79. The first kappa shape index (κ1) is 15.3. The minimum Gasteiger partial charge on any atom is -0.389 e. The third-order valence-corrected chi connectivity index (χ3v) is 3.52. The summed E-state index contributed by atoms with van der Waals surface area (Å²) in [5.41, 5.74) is 2.50. The smallest absolute Gasteiger partial charge is 0.0948 e. The molecule has 20 heavy (non-hydrogen) atoms. The fourth-order valence-corrected chi connectivity index (χ4v) is 2.53. The van der Waals surface area contributed by atoms with Crippen molar-refractivity contribution in [1.82, 2.24) is 5.32 Å². The quantitative estimate of drug-likeness (QED) is 0.861. The molecule has 0 radical (unpaired) electrons. The van der Waals surface area contributed by atoms with Crippen LogP contribution in [0.15, 0.2) is 24.3 Å². The van der Waals surface area contributed by atoms with E-state index in [0.29, 0.717) is 19.2 Å². The molecule has 2 unspecified atom stereocenters. The first-order chi connectivity index (χ1) is 9.56. The number of β-amino-alcohol motifs (C(OH)–C–C–N with tert-alkyl or cyclic N) is 1. The second kappa shape index (κ2) is 7.07. The van der Waals surface area contributed by atoms with Crippen molar-refractivity contribution in [2.24, 2.45) is 0 Å². The van der Waals surface area contributed by atoms with E-state index in [4.69, 9.17) is 4.74 Å². The minimum atomic E-state index is -0.462. The zero-order valence-corrected chi connectivity index (χ0v) is 12.7. The number of aliphatic hydroxyl groups excluding tert-OH is 1. The van der Waals surface area contributed by atoms with Crippen molar-refractivity contribution in [3.63, 3.8) is 0 Å². The van der Waals surface area contributed by atoms with E-state index < -0.39 is 6.10 Å². The van der Waals surface area contributed by atoms with E-state index in [9.17, 15) is 5.11 Å². The first-order valence-corrected chi connectivity index (χ1v) is 7.42. The molecule has 0 aliphatic carbocycles. The Morgan fingerprint density at radius 1 is 1.40 bits per heavy atom. The van der Waals surface area contributed by atoms with Gasteiger partial charge in [0.1, 0.15) is 0 Å². The molecule has 2 rings (SSSR count). The van der Waals surface area contributed by atoms with Gasteiger partial charge in [0, 0.05) is 31.4 Å². The number of nitrogens with one attached hydrogen (secondary N) is 1. The molecule has 0 saturated heterocycles. The molecule has 0 bridgehead atoms. The van der Waals surface area contributed by atoms with Crippen molar-refractivity contribution in [3.05, 3.63) is 29.8 Å². The molecule has 0 amide bonds. The van der Waals surface area contributed by atoms with Gasteiger partial charge in [0.25, 0.3) is 0 Å². The number of hydrogen-bond donors (Lipinski definition) is 2. The molecule has 4 heteroatoms. The van der Waals surface area contributed by atoms with E-state index >= 15 is 0 Å². The molecule has 0 saturated carbocycles. The highest BCUT2D eigenvalue weighted by atomic mass is 16.5. The van der Waals surface area contributed by atoms with Crippen LogP contribution < -0.4 is 10.2 Å². The average molecular weight is 278 g/mol. The Morgan fingerprint density at radius 2 is 2.15 bits per heavy atom. The third-order valence-electron chi connectivity index (χ3n) is 3.52. The van der Waals surface area contributed by atoms with Crippen LogP contribution in [0, 0.1) is 0 Å². The normalized spacial score (nSPS) is 20.6. The minimum absolute atomic E-state index is 0.154. The lowest BCUT2D eigenvalue weighted by atomic mass is 10.1. The maximum atomic E-state index is 10.2. The van der Waals surface area contributed by atoms with Crippen molar-refractivity contribution in [1.29, 1.82) is 0 Å². The lowest BCUT2D eigenvalue weighted by Gasteiger charge is -2.29. The first-order valence-electron chi connectivity index (χ1n) is 7.42. The van der Waals surface area contributed by atoms with E-state index in [0.717, 1.165) is 13.1 Å². The molecule has 0 fully saturated rings. The zero-order valence-electron chi connectivity index (χ0n) is 12.7. The number of benzene rings is 1. The van der Waals surface area contributed by atoms with Crippen LogP contribution in [-0.4, -0.2) is 43.1 Å². The summed E-state index contributed by atoms with van der Waals surface area (Å²) < 4.78 is 5.50. The van der Waals surface area contributed by atoms with Crippen LogP contribution in [0.4, 0.5) is 5.69 Å². The molecule has 1 aliphatic rings. The van der Waals surface area contributed by atoms with E-state index in [1.54, 1.807) is 0 Å².